The fourth-order valence-corrected chi connectivity index (χ4v) is 0.897. The number of carbonyl (C=O) groups excluding carboxylic acids is 1. The minimum absolute atomic E-state index is 0.317. The lowest BCUT2D eigenvalue weighted by atomic mass is 10.3. The van der Waals surface area contributed by atoms with Crippen LogP contribution in [0, 0.1) is 0 Å². The van der Waals surface area contributed by atoms with E-state index in [-0.39, 0.29) is 6.54 Å². The Labute approximate surface area is 86.0 Å². The van der Waals surface area contributed by atoms with Gasteiger partial charge in [0, 0.05) is 4.91 Å². The first-order valence-electron chi connectivity index (χ1n) is 4.12. The molecule has 15 heavy (non-hydrogen) atoms. The summed E-state index contributed by atoms with van der Waals surface area (Å²) in [6, 6.07) is 6.51. The minimum atomic E-state index is -0.599. The van der Waals surface area contributed by atoms with Gasteiger partial charge in [-0.25, -0.2) is 0 Å². The lowest BCUT2D eigenvalue weighted by Crippen LogP contribution is -2.10. The van der Waals surface area contributed by atoms with Gasteiger partial charge in [0.25, 0.3) is 0 Å². The fraction of sp³-hybridized carbons (Fsp3) is 0.222. The zero-order valence-corrected chi connectivity index (χ0v) is 8.08. The molecule has 0 unspecified atom stereocenters. The van der Waals surface area contributed by atoms with Crippen molar-refractivity contribution in [3.05, 3.63) is 34.7 Å². The smallest absolute Gasteiger partial charge is 0.317 e. The summed E-state index contributed by atoms with van der Waals surface area (Å²) in [6.45, 7) is -0.317. The van der Waals surface area contributed by atoms with Crippen LogP contribution in [0.15, 0.2) is 29.4 Å². The second-order valence-electron chi connectivity index (χ2n) is 2.54. The van der Waals surface area contributed by atoms with Gasteiger partial charge in [-0.1, -0.05) is 5.11 Å². The number of nitrogens with zero attached hydrogens (tertiary/aromatic N) is 3. The van der Waals surface area contributed by atoms with Crippen molar-refractivity contribution in [3.8, 4) is 11.5 Å². The molecule has 0 aromatic heterocycles. The Kier molecular flexibility index (Phi) is 4.00. The number of rotatable bonds is 4. The van der Waals surface area contributed by atoms with Crippen molar-refractivity contribution < 1.29 is 14.3 Å². The summed E-state index contributed by atoms with van der Waals surface area (Å²) in [5.41, 5.74) is 7.98. The summed E-state index contributed by atoms with van der Waals surface area (Å²) >= 11 is 0. The number of ether oxygens (including phenoxy) is 2. The quantitative estimate of drug-likeness (QED) is 0.248. The molecule has 0 amide bonds. The number of methoxy groups -OCH3 is 1. The zero-order chi connectivity index (χ0) is 11.1. The van der Waals surface area contributed by atoms with Gasteiger partial charge in [-0.3, -0.25) is 4.79 Å². The van der Waals surface area contributed by atoms with E-state index in [1.165, 1.54) is 0 Å². The van der Waals surface area contributed by atoms with Gasteiger partial charge in [0.15, 0.2) is 0 Å². The average Bonchev–Trinajstić information content (AvgIpc) is 2.27. The lowest BCUT2D eigenvalue weighted by molar-refractivity contribution is -0.132. The minimum Gasteiger partial charge on any atom is -0.497 e. The number of azide groups is 1. The van der Waals surface area contributed by atoms with E-state index in [1.807, 2.05) is 0 Å². The van der Waals surface area contributed by atoms with Crippen LogP contribution in [0.25, 0.3) is 10.4 Å². The Morgan fingerprint density at radius 3 is 2.53 bits per heavy atom. The second-order valence-corrected chi connectivity index (χ2v) is 2.54. The third kappa shape index (κ3) is 3.58. The molecule has 0 radical (unpaired) electrons. The summed E-state index contributed by atoms with van der Waals surface area (Å²) in [5.74, 6) is 0.455. The van der Waals surface area contributed by atoms with Crippen molar-refractivity contribution in [2.45, 2.75) is 0 Å². The SMILES string of the molecule is COc1ccc(OC(=O)CN=[N+]=[N-])cc1. The Bertz CT molecular complexity index is 382. The molecule has 1 aromatic rings. The molecule has 0 aliphatic carbocycles. The summed E-state index contributed by atoms with van der Waals surface area (Å²) in [5, 5.41) is 3.08. The van der Waals surface area contributed by atoms with Gasteiger partial charge < -0.3 is 9.47 Å². The molecule has 6 heteroatoms. The maximum atomic E-state index is 11.0. The van der Waals surface area contributed by atoms with E-state index in [2.05, 4.69) is 10.0 Å². The van der Waals surface area contributed by atoms with Gasteiger partial charge in [0.1, 0.15) is 18.0 Å². The first-order valence-corrected chi connectivity index (χ1v) is 4.12. The van der Waals surface area contributed by atoms with Crippen LogP contribution in [0.1, 0.15) is 0 Å². The summed E-state index contributed by atoms with van der Waals surface area (Å²) in [6.07, 6.45) is 0. The molecule has 1 aromatic carbocycles. The van der Waals surface area contributed by atoms with E-state index in [1.54, 1.807) is 31.4 Å². The molecule has 0 spiro atoms. The van der Waals surface area contributed by atoms with E-state index in [0.717, 1.165) is 0 Å². The molecule has 0 saturated carbocycles. The maximum absolute atomic E-state index is 11.0. The van der Waals surface area contributed by atoms with Gasteiger partial charge in [-0.2, -0.15) is 0 Å². The third-order valence-electron chi connectivity index (χ3n) is 1.55. The topological polar surface area (TPSA) is 84.3 Å². The summed E-state index contributed by atoms with van der Waals surface area (Å²) < 4.78 is 9.79. The van der Waals surface area contributed by atoms with Crippen LogP contribution in [-0.2, 0) is 4.79 Å². The number of benzene rings is 1. The predicted octanol–water partition coefficient (Wildman–Crippen LogP) is 1.91. The second kappa shape index (κ2) is 5.51. The van der Waals surface area contributed by atoms with Crippen LogP contribution >= 0.6 is 0 Å². The van der Waals surface area contributed by atoms with Crippen molar-refractivity contribution in [1.82, 2.24) is 0 Å². The van der Waals surface area contributed by atoms with Crippen LogP contribution in [0.2, 0.25) is 0 Å². The molecule has 0 N–H and O–H groups in total. The third-order valence-corrected chi connectivity index (χ3v) is 1.55. The largest absolute Gasteiger partial charge is 0.497 e. The van der Waals surface area contributed by atoms with E-state index >= 15 is 0 Å². The summed E-state index contributed by atoms with van der Waals surface area (Å²) in [7, 11) is 1.54. The molecule has 0 heterocycles. The highest BCUT2D eigenvalue weighted by Crippen LogP contribution is 2.16. The van der Waals surface area contributed by atoms with E-state index < -0.39 is 5.97 Å². The molecule has 0 bridgehead atoms. The Balaban J connectivity index is 2.56. The molecule has 0 aliphatic heterocycles. The average molecular weight is 207 g/mol. The van der Waals surface area contributed by atoms with Crippen LogP contribution < -0.4 is 9.47 Å². The van der Waals surface area contributed by atoms with Gasteiger partial charge >= 0.3 is 5.97 Å². The molecule has 78 valence electrons. The monoisotopic (exact) mass is 207 g/mol. The number of carbonyl (C=O) groups is 1. The molecule has 6 nitrogen and oxygen atoms in total. The predicted molar refractivity (Wildman–Crippen MR) is 52.6 cm³/mol. The van der Waals surface area contributed by atoms with Crippen molar-refractivity contribution in [3.63, 3.8) is 0 Å². The summed E-state index contributed by atoms with van der Waals surface area (Å²) in [4.78, 5) is 13.5. The molecular weight excluding hydrogens is 198 g/mol. The van der Waals surface area contributed by atoms with E-state index in [0.29, 0.717) is 11.5 Å². The van der Waals surface area contributed by atoms with Crippen molar-refractivity contribution in [2.24, 2.45) is 5.11 Å². The molecule has 0 fully saturated rings. The number of esters is 1. The highest BCUT2D eigenvalue weighted by molar-refractivity contribution is 5.74. The van der Waals surface area contributed by atoms with E-state index in [4.69, 9.17) is 15.0 Å². The molecular formula is C9H9N3O3. The van der Waals surface area contributed by atoms with Crippen molar-refractivity contribution >= 4 is 5.97 Å². The highest BCUT2D eigenvalue weighted by Gasteiger charge is 2.02. The van der Waals surface area contributed by atoms with Gasteiger partial charge in [-0.15, -0.1) is 0 Å². The number of hydrogen-bond acceptors (Lipinski definition) is 4. The Morgan fingerprint density at radius 1 is 1.40 bits per heavy atom. The normalized spacial score (nSPS) is 8.87. The fourth-order valence-electron chi connectivity index (χ4n) is 0.897. The molecule has 0 atom stereocenters. The Morgan fingerprint density at radius 2 is 2.00 bits per heavy atom. The van der Waals surface area contributed by atoms with E-state index in [9.17, 15) is 4.79 Å². The van der Waals surface area contributed by atoms with Crippen molar-refractivity contribution in [1.29, 1.82) is 0 Å². The molecule has 1 rings (SSSR count). The number of hydrogen-bond donors (Lipinski definition) is 0. The standard InChI is InChI=1S/C9H9N3O3/c1-14-7-2-4-8(5-3-7)15-9(13)6-11-12-10/h2-5H,6H2,1H3. The zero-order valence-electron chi connectivity index (χ0n) is 8.08. The van der Waals surface area contributed by atoms with Crippen LogP contribution in [0.5, 0.6) is 11.5 Å². The first kappa shape index (κ1) is 10.9. The van der Waals surface area contributed by atoms with Gasteiger partial charge in [0.2, 0.25) is 0 Å². The maximum Gasteiger partial charge on any atom is 0.317 e. The van der Waals surface area contributed by atoms with Crippen molar-refractivity contribution in [2.75, 3.05) is 13.7 Å². The molecule has 0 saturated heterocycles. The highest BCUT2D eigenvalue weighted by atomic mass is 16.5. The first-order chi connectivity index (χ1) is 7.26. The van der Waals surface area contributed by atoms with Crippen LogP contribution in [0.4, 0.5) is 0 Å². The van der Waals surface area contributed by atoms with Crippen LogP contribution in [0.3, 0.4) is 0 Å². The Hall–Kier alpha value is -2.20. The molecule has 0 aliphatic rings. The lowest BCUT2D eigenvalue weighted by Gasteiger charge is -2.03. The van der Waals surface area contributed by atoms with Gasteiger partial charge in [0.05, 0.1) is 7.11 Å². The van der Waals surface area contributed by atoms with Crippen LogP contribution in [-0.4, -0.2) is 19.6 Å². The van der Waals surface area contributed by atoms with Gasteiger partial charge in [-0.05, 0) is 29.8 Å².